The van der Waals surface area contributed by atoms with Crippen LogP contribution in [0.4, 0.5) is 0 Å². The van der Waals surface area contributed by atoms with Crippen LogP contribution in [-0.2, 0) is 0 Å². The van der Waals surface area contributed by atoms with Crippen LogP contribution in [0.3, 0.4) is 0 Å². The minimum absolute atomic E-state index is 0.184. The number of hydrogen-bond donors (Lipinski definition) is 1. The number of carbonyl (C=O) groups excluding carboxylic acids is 1. The molecule has 0 radical (unpaired) electrons. The molecule has 1 aliphatic rings. The van der Waals surface area contributed by atoms with E-state index in [1.807, 2.05) is 30.5 Å². The topological polar surface area (TPSA) is 36.1 Å². The maximum Gasteiger partial charge on any atom is 0.256 e. The summed E-state index contributed by atoms with van der Waals surface area (Å²) in [6, 6.07) is 8.42. The monoisotopic (exact) mass is 284 g/mol. The lowest BCUT2D eigenvalue weighted by molar-refractivity contribution is 0.0657. The largest absolute Gasteiger partial charge is 0.361 e. The van der Waals surface area contributed by atoms with Gasteiger partial charge in [0.05, 0.1) is 11.1 Å². The minimum Gasteiger partial charge on any atom is -0.361 e. The number of rotatable bonds is 4. The highest BCUT2D eigenvalue weighted by Gasteiger charge is 2.28. The molecule has 0 atom stereocenters. The molecular weight excluding hydrogens is 260 g/mol. The molecule has 1 amide bonds. The van der Waals surface area contributed by atoms with Crippen molar-refractivity contribution in [3.8, 4) is 0 Å². The molecule has 1 heterocycles. The van der Waals surface area contributed by atoms with E-state index in [9.17, 15) is 4.79 Å². The summed E-state index contributed by atoms with van der Waals surface area (Å²) >= 11 is 0. The van der Waals surface area contributed by atoms with E-state index in [2.05, 4.69) is 23.7 Å². The van der Waals surface area contributed by atoms with Crippen LogP contribution in [0.2, 0.25) is 0 Å². The van der Waals surface area contributed by atoms with Crippen LogP contribution in [0, 0.1) is 5.92 Å². The molecule has 0 aliphatic heterocycles. The molecule has 0 bridgehead atoms. The number of benzene rings is 1. The zero-order valence-electron chi connectivity index (χ0n) is 12.9. The molecule has 112 valence electrons. The van der Waals surface area contributed by atoms with Crippen molar-refractivity contribution in [1.29, 1.82) is 0 Å². The quantitative estimate of drug-likeness (QED) is 0.897. The van der Waals surface area contributed by atoms with Crippen LogP contribution in [0.1, 0.15) is 49.9 Å². The summed E-state index contributed by atoms with van der Waals surface area (Å²) in [4.78, 5) is 18.4. The van der Waals surface area contributed by atoms with E-state index < -0.39 is 0 Å². The molecule has 0 spiro atoms. The SMILES string of the molecule is CC(C)CN(C(=O)c1cccc2cc[nH]c12)C1CCCC1. The normalized spacial score (nSPS) is 16.0. The number of hydrogen-bond acceptors (Lipinski definition) is 1. The molecule has 1 aromatic carbocycles. The van der Waals surface area contributed by atoms with Gasteiger partial charge in [-0.1, -0.05) is 38.8 Å². The summed E-state index contributed by atoms with van der Waals surface area (Å²) in [5.74, 6) is 0.682. The lowest BCUT2D eigenvalue weighted by Crippen LogP contribution is -2.41. The zero-order chi connectivity index (χ0) is 14.8. The molecule has 1 aliphatic carbocycles. The predicted octanol–water partition coefficient (Wildman–Crippen LogP) is 4.21. The van der Waals surface area contributed by atoms with Gasteiger partial charge in [-0.25, -0.2) is 0 Å². The summed E-state index contributed by atoms with van der Waals surface area (Å²) in [5, 5.41) is 1.11. The van der Waals surface area contributed by atoms with Gasteiger partial charge < -0.3 is 9.88 Å². The fourth-order valence-corrected chi connectivity index (χ4v) is 3.42. The molecule has 3 nitrogen and oxygen atoms in total. The van der Waals surface area contributed by atoms with Gasteiger partial charge >= 0.3 is 0 Å². The molecule has 1 saturated carbocycles. The van der Waals surface area contributed by atoms with Crippen LogP contribution in [-0.4, -0.2) is 28.4 Å². The average molecular weight is 284 g/mol. The summed E-state index contributed by atoms with van der Waals surface area (Å²) < 4.78 is 0. The molecule has 3 rings (SSSR count). The fourth-order valence-electron chi connectivity index (χ4n) is 3.42. The molecule has 3 heteroatoms. The van der Waals surface area contributed by atoms with Gasteiger partial charge in [-0.15, -0.1) is 0 Å². The maximum absolute atomic E-state index is 13.1. The number of H-pyrrole nitrogens is 1. The van der Waals surface area contributed by atoms with E-state index in [1.165, 1.54) is 12.8 Å². The highest BCUT2D eigenvalue weighted by Crippen LogP contribution is 2.27. The summed E-state index contributed by atoms with van der Waals surface area (Å²) in [5.41, 5.74) is 1.78. The average Bonchev–Trinajstić information content (AvgIpc) is 3.13. The highest BCUT2D eigenvalue weighted by molar-refractivity contribution is 6.05. The Labute approximate surface area is 126 Å². The fraction of sp³-hybridized carbons (Fsp3) is 0.500. The van der Waals surface area contributed by atoms with Crippen molar-refractivity contribution >= 4 is 16.8 Å². The van der Waals surface area contributed by atoms with Crippen LogP contribution >= 0.6 is 0 Å². The Kier molecular flexibility index (Phi) is 4.00. The Bertz CT molecular complexity index is 623. The van der Waals surface area contributed by atoms with Gasteiger partial charge in [-0.05, 0) is 30.9 Å². The van der Waals surface area contributed by atoms with Crippen LogP contribution in [0.25, 0.3) is 10.9 Å². The van der Waals surface area contributed by atoms with Crippen molar-refractivity contribution in [1.82, 2.24) is 9.88 Å². The number of nitrogens with one attached hydrogen (secondary N) is 1. The van der Waals surface area contributed by atoms with Crippen molar-refractivity contribution in [2.75, 3.05) is 6.54 Å². The highest BCUT2D eigenvalue weighted by atomic mass is 16.2. The summed E-state index contributed by atoms with van der Waals surface area (Å²) in [7, 11) is 0. The molecular formula is C18H24N2O. The van der Waals surface area contributed by atoms with E-state index in [0.29, 0.717) is 12.0 Å². The van der Waals surface area contributed by atoms with Crippen molar-refractivity contribution < 1.29 is 4.79 Å². The molecule has 2 aromatic rings. The third-order valence-corrected chi connectivity index (χ3v) is 4.41. The van der Waals surface area contributed by atoms with Gasteiger partial charge in [0, 0.05) is 24.2 Å². The molecule has 21 heavy (non-hydrogen) atoms. The first-order valence-electron chi connectivity index (χ1n) is 8.04. The third-order valence-electron chi connectivity index (χ3n) is 4.41. The standard InChI is InChI=1S/C18H24N2O/c1-13(2)12-20(15-7-3-4-8-15)18(21)16-9-5-6-14-10-11-19-17(14)16/h5-6,9-11,13,15,19H,3-4,7-8,12H2,1-2H3. The van der Waals surface area contributed by atoms with Crippen LogP contribution in [0.5, 0.6) is 0 Å². The second-order valence-electron chi connectivity index (χ2n) is 6.54. The van der Waals surface area contributed by atoms with Gasteiger partial charge in [0.1, 0.15) is 0 Å². The Morgan fingerprint density at radius 1 is 1.29 bits per heavy atom. The van der Waals surface area contributed by atoms with E-state index in [-0.39, 0.29) is 5.91 Å². The minimum atomic E-state index is 0.184. The van der Waals surface area contributed by atoms with Crippen molar-refractivity contribution in [3.63, 3.8) is 0 Å². The number of aromatic amines is 1. The first kappa shape index (κ1) is 14.2. The number of fused-ring (bicyclic) bond motifs is 1. The maximum atomic E-state index is 13.1. The van der Waals surface area contributed by atoms with Gasteiger partial charge in [-0.2, -0.15) is 0 Å². The number of carbonyl (C=O) groups is 1. The van der Waals surface area contributed by atoms with E-state index >= 15 is 0 Å². The van der Waals surface area contributed by atoms with E-state index in [4.69, 9.17) is 0 Å². The van der Waals surface area contributed by atoms with Gasteiger partial charge in [0.15, 0.2) is 0 Å². The summed E-state index contributed by atoms with van der Waals surface area (Å²) in [6.07, 6.45) is 6.71. The van der Waals surface area contributed by atoms with Gasteiger partial charge in [0.2, 0.25) is 0 Å². The first-order valence-corrected chi connectivity index (χ1v) is 8.04. The van der Waals surface area contributed by atoms with Crippen LogP contribution in [0.15, 0.2) is 30.5 Å². The zero-order valence-corrected chi connectivity index (χ0v) is 12.9. The number of aromatic nitrogens is 1. The molecule has 0 saturated heterocycles. The van der Waals surface area contributed by atoms with E-state index in [1.54, 1.807) is 0 Å². The number of nitrogens with zero attached hydrogens (tertiary/aromatic N) is 1. The van der Waals surface area contributed by atoms with Gasteiger partial charge in [0.25, 0.3) is 5.91 Å². The number of para-hydroxylation sites is 1. The predicted molar refractivity (Wildman–Crippen MR) is 86.4 cm³/mol. The lowest BCUT2D eigenvalue weighted by Gasteiger charge is -2.31. The van der Waals surface area contributed by atoms with E-state index in [0.717, 1.165) is 35.9 Å². The van der Waals surface area contributed by atoms with Crippen molar-refractivity contribution in [2.45, 2.75) is 45.6 Å². The summed E-state index contributed by atoms with van der Waals surface area (Å²) in [6.45, 7) is 5.22. The Balaban J connectivity index is 1.94. The smallest absolute Gasteiger partial charge is 0.256 e. The molecule has 1 N–H and O–H groups in total. The second-order valence-corrected chi connectivity index (χ2v) is 6.54. The first-order chi connectivity index (χ1) is 10.2. The molecule has 0 unspecified atom stereocenters. The Morgan fingerprint density at radius 2 is 2.05 bits per heavy atom. The van der Waals surface area contributed by atoms with Crippen molar-refractivity contribution in [2.24, 2.45) is 5.92 Å². The van der Waals surface area contributed by atoms with Crippen LogP contribution < -0.4 is 0 Å². The Hall–Kier alpha value is -1.77. The molecule has 1 aromatic heterocycles. The number of amides is 1. The molecule has 1 fully saturated rings. The second kappa shape index (κ2) is 5.92. The lowest BCUT2D eigenvalue weighted by atomic mass is 10.1. The third kappa shape index (κ3) is 2.82. The van der Waals surface area contributed by atoms with Crippen molar-refractivity contribution in [3.05, 3.63) is 36.0 Å². The Morgan fingerprint density at radius 3 is 2.76 bits per heavy atom. The van der Waals surface area contributed by atoms with Gasteiger partial charge in [-0.3, -0.25) is 4.79 Å².